The molecular weight excluding hydrogens is 591 g/mol. The zero-order valence-electron chi connectivity index (χ0n) is 21.9. The van der Waals surface area contributed by atoms with Gasteiger partial charge < -0.3 is 19.1 Å². The molecule has 216 valence electrons. The summed E-state index contributed by atoms with van der Waals surface area (Å²) in [6, 6.07) is 19.2. The Bertz CT molecular complexity index is 1670. The maximum absolute atomic E-state index is 13.1. The van der Waals surface area contributed by atoms with Gasteiger partial charge in [-0.1, -0.05) is 29.4 Å². The minimum Gasteiger partial charge on any atom is -0.487 e. The van der Waals surface area contributed by atoms with Gasteiger partial charge in [0.25, 0.3) is 0 Å². The zero-order chi connectivity index (χ0) is 29.7. The van der Waals surface area contributed by atoms with Gasteiger partial charge in [-0.25, -0.2) is 9.78 Å². The number of carbonyl (C=O) groups is 1. The molecule has 0 radical (unpaired) electrons. The largest absolute Gasteiger partial charge is 0.487 e. The van der Waals surface area contributed by atoms with E-state index in [0.29, 0.717) is 45.2 Å². The van der Waals surface area contributed by atoms with Crippen molar-refractivity contribution >= 4 is 29.1 Å². The Kier molecular flexibility index (Phi) is 8.78. The lowest BCUT2D eigenvalue weighted by atomic mass is 10.1. The highest BCUT2D eigenvalue weighted by atomic mass is 32.2. The SMILES string of the molecule is Cc1nc(-c2cccc(OCc3nc(-c4ccc(C(F)(F)F)cc4)sc3CSc3ccc(OCC(=O)O)cc3)c2)no1. The van der Waals surface area contributed by atoms with Gasteiger partial charge in [-0.05, 0) is 48.5 Å². The monoisotopic (exact) mass is 613 g/mol. The second kappa shape index (κ2) is 12.7. The number of benzene rings is 3. The molecule has 0 spiro atoms. The Morgan fingerprint density at radius 3 is 2.40 bits per heavy atom. The fourth-order valence-electron chi connectivity index (χ4n) is 3.75. The van der Waals surface area contributed by atoms with E-state index in [-0.39, 0.29) is 6.61 Å². The summed E-state index contributed by atoms with van der Waals surface area (Å²) in [5, 5.41) is 13.3. The minimum atomic E-state index is -4.43. The number of hydrogen-bond acceptors (Lipinski definition) is 9. The first-order valence-electron chi connectivity index (χ1n) is 12.4. The number of ether oxygens (including phenoxy) is 2. The van der Waals surface area contributed by atoms with E-state index in [0.717, 1.165) is 27.5 Å². The van der Waals surface area contributed by atoms with E-state index in [9.17, 15) is 18.0 Å². The summed E-state index contributed by atoms with van der Waals surface area (Å²) in [6.45, 7) is 1.40. The van der Waals surface area contributed by atoms with Crippen molar-refractivity contribution in [3.05, 3.63) is 94.8 Å². The summed E-state index contributed by atoms with van der Waals surface area (Å²) in [7, 11) is 0. The number of nitrogens with zero attached hydrogens (tertiary/aromatic N) is 3. The second-order valence-corrected chi connectivity index (χ2v) is 11.0. The van der Waals surface area contributed by atoms with Crippen molar-refractivity contribution in [2.45, 2.75) is 30.4 Å². The van der Waals surface area contributed by atoms with Crippen LogP contribution in [0.15, 0.2) is 82.2 Å². The predicted octanol–water partition coefficient (Wildman–Crippen LogP) is 7.52. The van der Waals surface area contributed by atoms with E-state index in [1.54, 1.807) is 31.2 Å². The summed E-state index contributed by atoms with van der Waals surface area (Å²) in [5.74, 6) is 1.35. The first-order valence-corrected chi connectivity index (χ1v) is 14.2. The predicted molar refractivity (Wildman–Crippen MR) is 150 cm³/mol. The lowest BCUT2D eigenvalue weighted by Crippen LogP contribution is -2.09. The van der Waals surface area contributed by atoms with Crippen LogP contribution >= 0.6 is 23.1 Å². The molecule has 42 heavy (non-hydrogen) atoms. The van der Waals surface area contributed by atoms with Crippen LogP contribution in [0.3, 0.4) is 0 Å². The molecule has 0 bridgehead atoms. The van der Waals surface area contributed by atoms with Gasteiger partial charge in [0.05, 0.1) is 11.3 Å². The van der Waals surface area contributed by atoms with Gasteiger partial charge in [0, 0.05) is 33.6 Å². The van der Waals surface area contributed by atoms with Crippen molar-refractivity contribution in [3.63, 3.8) is 0 Å². The molecule has 2 heterocycles. The van der Waals surface area contributed by atoms with Crippen molar-refractivity contribution in [1.29, 1.82) is 0 Å². The van der Waals surface area contributed by atoms with Gasteiger partial charge in [-0.3, -0.25) is 0 Å². The van der Waals surface area contributed by atoms with Crippen molar-refractivity contribution in [2.24, 2.45) is 0 Å². The fourth-order valence-corrected chi connectivity index (χ4v) is 5.82. The number of thioether (sulfide) groups is 1. The quantitative estimate of drug-likeness (QED) is 0.151. The highest BCUT2D eigenvalue weighted by Crippen LogP contribution is 2.36. The third-order valence-electron chi connectivity index (χ3n) is 5.79. The highest BCUT2D eigenvalue weighted by Gasteiger charge is 2.30. The standard InChI is InChI=1S/C29H22F3N3O5S2/c1-17-33-27(35-40-17)19-3-2-4-22(13-19)38-14-24-25(16-41-23-11-9-21(10-12-23)39-15-26(36)37)42-28(34-24)18-5-7-20(8-6-18)29(30,31)32/h2-13H,14-16H2,1H3,(H,36,37). The van der Waals surface area contributed by atoms with Crippen LogP contribution in [0.1, 0.15) is 22.0 Å². The normalized spacial score (nSPS) is 11.4. The number of halogens is 3. The number of carboxylic acid groups (broad SMARTS) is 1. The van der Waals surface area contributed by atoms with Crippen molar-refractivity contribution < 1.29 is 37.1 Å². The van der Waals surface area contributed by atoms with Crippen molar-refractivity contribution in [1.82, 2.24) is 15.1 Å². The van der Waals surface area contributed by atoms with E-state index in [1.165, 1.54) is 35.2 Å². The Labute approximate surface area is 246 Å². The zero-order valence-corrected chi connectivity index (χ0v) is 23.6. The van der Waals surface area contributed by atoms with E-state index >= 15 is 0 Å². The average Bonchev–Trinajstić information content (AvgIpc) is 3.60. The number of aliphatic carboxylic acids is 1. The van der Waals surface area contributed by atoms with E-state index in [4.69, 9.17) is 24.1 Å². The summed E-state index contributed by atoms with van der Waals surface area (Å²) in [6.07, 6.45) is -4.43. The number of carboxylic acids is 1. The van der Waals surface area contributed by atoms with Crippen LogP contribution in [0, 0.1) is 6.92 Å². The van der Waals surface area contributed by atoms with Crippen LogP contribution in [-0.4, -0.2) is 32.8 Å². The van der Waals surface area contributed by atoms with Crippen molar-refractivity contribution in [2.75, 3.05) is 6.61 Å². The van der Waals surface area contributed by atoms with Crippen LogP contribution < -0.4 is 9.47 Å². The minimum absolute atomic E-state index is 0.129. The van der Waals surface area contributed by atoms with Gasteiger partial charge >= 0.3 is 12.1 Å². The molecule has 0 atom stereocenters. The van der Waals surface area contributed by atoms with Crippen LogP contribution in [0.5, 0.6) is 11.5 Å². The maximum Gasteiger partial charge on any atom is 0.416 e. The number of rotatable bonds is 11. The van der Waals surface area contributed by atoms with Crippen LogP contribution in [0.25, 0.3) is 22.0 Å². The first-order chi connectivity index (χ1) is 20.1. The molecule has 5 rings (SSSR count). The number of aromatic nitrogens is 3. The van der Waals surface area contributed by atoms with Gasteiger partial charge in [0.1, 0.15) is 23.1 Å². The van der Waals surface area contributed by atoms with E-state index < -0.39 is 24.3 Å². The molecule has 2 aromatic heterocycles. The molecule has 0 unspecified atom stereocenters. The van der Waals surface area contributed by atoms with Gasteiger partial charge in [0.2, 0.25) is 11.7 Å². The first kappa shape index (κ1) is 29.1. The lowest BCUT2D eigenvalue weighted by molar-refractivity contribution is -0.139. The Morgan fingerprint density at radius 1 is 0.976 bits per heavy atom. The Balaban J connectivity index is 1.35. The highest BCUT2D eigenvalue weighted by molar-refractivity contribution is 7.98. The second-order valence-electron chi connectivity index (χ2n) is 8.86. The molecule has 0 aliphatic rings. The van der Waals surface area contributed by atoms with Crippen LogP contribution in [-0.2, 0) is 23.3 Å². The molecule has 3 aromatic carbocycles. The molecule has 0 saturated heterocycles. The molecule has 1 N–H and O–H groups in total. The molecule has 0 amide bonds. The molecule has 0 aliphatic carbocycles. The van der Waals surface area contributed by atoms with E-state index in [2.05, 4.69) is 10.1 Å². The molecule has 13 heteroatoms. The summed E-state index contributed by atoms with van der Waals surface area (Å²) in [5.41, 5.74) is 1.22. The summed E-state index contributed by atoms with van der Waals surface area (Å²) < 4.78 is 55.5. The molecule has 8 nitrogen and oxygen atoms in total. The van der Waals surface area contributed by atoms with Crippen LogP contribution in [0.2, 0.25) is 0 Å². The summed E-state index contributed by atoms with van der Waals surface area (Å²) >= 11 is 2.91. The third kappa shape index (κ3) is 7.47. The van der Waals surface area contributed by atoms with Gasteiger partial charge in [-0.2, -0.15) is 18.2 Å². The fraction of sp³-hybridized carbons (Fsp3) is 0.172. The number of aryl methyl sites for hydroxylation is 1. The number of alkyl halides is 3. The Hall–Kier alpha value is -4.36. The summed E-state index contributed by atoms with van der Waals surface area (Å²) in [4.78, 5) is 21.5. The smallest absolute Gasteiger partial charge is 0.416 e. The third-order valence-corrected chi connectivity index (χ3v) is 8.16. The van der Waals surface area contributed by atoms with E-state index in [1.807, 2.05) is 24.3 Å². The molecule has 0 fully saturated rings. The average molecular weight is 614 g/mol. The Morgan fingerprint density at radius 2 is 1.74 bits per heavy atom. The van der Waals surface area contributed by atoms with Crippen LogP contribution in [0.4, 0.5) is 13.2 Å². The lowest BCUT2D eigenvalue weighted by Gasteiger charge is -2.08. The maximum atomic E-state index is 13.1. The molecular formula is C29H22F3N3O5S2. The molecule has 0 aliphatic heterocycles. The molecule has 0 saturated carbocycles. The van der Waals surface area contributed by atoms with Gasteiger partial charge in [-0.15, -0.1) is 23.1 Å². The van der Waals surface area contributed by atoms with Gasteiger partial charge in [0.15, 0.2) is 6.61 Å². The molecule has 5 aromatic rings. The number of hydrogen-bond donors (Lipinski definition) is 1. The number of thiazole rings is 1. The topological polar surface area (TPSA) is 108 Å². The van der Waals surface area contributed by atoms with Crippen molar-refractivity contribution in [3.8, 4) is 33.5 Å².